The topological polar surface area (TPSA) is 99.7 Å². The minimum Gasteiger partial charge on any atom is -0.409 e. The monoisotopic (exact) mass is 236 g/mol. The summed E-state index contributed by atoms with van der Waals surface area (Å²) in [6.45, 7) is 3.23. The third kappa shape index (κ3) is 4.02. The second kappa shape index (κ2) is 5.74. The highest BCUT2D eigenvalue weighted by Gasteiger charge is 2.06. The number of anilines is 2. The number of nitrogens with one attached hydrogen (secondary N) is 2. The summed E-state index contributed by atoms with van der Waals surface area (Å²) in [5, 5.41) is 17.1. The number of hydrogen-bond acceptors (Lipinski definition) is 4. The zero-order valence-corrected chi connectivity index (χ0v) is 9.77. The number of benzene rings is 1. The average molecular weight is 236 g/mol. The Hall–Kier alpha value is -2.24. The van der Waals surface area contributed by atoms with Crippen LogP contribution in [0.5, 0.6) is 0 Å². The molecule has 92 valence electrons. The van der Waals surface area contributed by atoms with Gasteiger partial charge in [-0.3, -0.25) is 4.79 Å². The Morgan fingerprint density at radius 1 is 1.35 bits per heavy atom. The van der Waals surface area contributed by atoms with Gasteiger partial charge in [0.25, 0.3) is 0 Å². The molecule has 0 fully saturated rings. The fourth-order valence-electron chi connectivity index (χ4n) is 1.26. The quantitative estimate of drug-likeness (QED) is 0.273. The normalized spacial score (nSPS) is 12.9. The van der Waals surface area contributed by atoms with Gasteiger partial charge in [-0.25, -0.2) is 0 Å². The fraction of sp³-hybridized carbons (Fsp3) is 0.273. The van der Waals surface area contributed by atoms with Gasteiger partial charge in [0.1, 0.15) is 0 Å². The van der Waals surface area contributed by atoms with E-state index in [0.717, 1.165) is 11.4 Å². The maximum absolute atomic E-state index is 10.8. The summed E-state index contributed by atoms with van der Waals surface area (Å²) < 4.78 is 0. The van der Waals surface area contributed by atoms with Gasteiger partial charge in [-0.2, -0.15) is 0 Å². The molecular formula is C11H16N4O2. The molecular weight excluding hydrogens is 220 g/mol. The number of nitrogens with two attached hydrogens (primary N) is 1. The highest BCUT2D eigenvalue weighted by Crippen LogP contribution is 2.14. The van der Waals surface area contributed by atoms with E-state index in [9.17, 15) is 4.79 Å². The number of rotatable bonds is 4. The van der Waals surface area contributed by atoms with Gasteiger partial charge in [-0.05, 0) is 31.2 Å². The summed E-state index contributed by atoms with van der Waals surface area (Å²) in [5.41, 5.74) is 6.98. The van der Waals surface area contributed by atoms with Gasteiger partial charge in [0.15, 0.2) is 5.84 Å². The van der Waals surface area contributed by atoms with Crippen LogP contribution in [0, 0.1) is 0 Å². The largest absolute Gasteiger partial charge is 0.409 e. The Morgan fingerprint density at radius 3 is 2.35 bits per heavy atom. The molecule has 0 heterocycles. The van der Waals surface area contributed by atoms with E-state index in [1.54, 1.807) is 31.2 Å². The molecule has 1 aromatic rings. The van der Waals surface area contributed by atoms with E-state index in [1.807, 2.05) is 0 Å². The van der Waals surface area contributed by atoms with Gasteiger partial charge in [0, 0.05) is 18.3 Å². The highest BCUT2D eigenvalue weighted by molar-refractivity contribution is 5.89. The van der Waals surface area contributed by atoms with Crippen LogP contribution in [0.15, 0.2) is 29.4 Å². The number of amidine groups is 1. The molecule has 17 heavy (non-hydrogen) atoms. The lowest BCUT2D eigenvalue weighted by Crippen LogP contribution is -2.32. The van der Waals surface area contributed by atoms with Crippen LogP contribution < -0.4 is 16.4 Å². The maximum atomic E-state index is 10.8. The standard InChI is InChI=1S/C11H16N4O2/c1-7(11(12)15-17)13-9-3-5-10(6-4-9)14-8(2)16/h3-7,13,17H,1-2H3,(H2,12,15)(H,14,16). The first kappa shape index (κ1) is 12.8. The Kier molecular flexibility index (Phi) is 4.33. The molecule has 6 heteroatoms. The first-order chi connectivity index (χ1) is 8.02. The van der Waals surface area contributed by atoms with Crippen molar-refractivity contribution in [2.24, 2.45) is 10.9 Å². The molecule has 1 unspecified atom stereocenters. The molecule has 1 aromatic carbocycles. The SMILES string of the molecule is CC(=O)Nc1ccc(NC(C)C(N)=NO)cc1. The lowest BCUT2D eigenvalue weighted by molar-refractivity contribution is -0.114. The van der Waals surface area contributed by atoms with E-state index in [-0.39, 0.29) is 17.8 Å². The molecule has 0 saturated heterocycles. The van der Waals surface area contributed by atoms with Gasteiger partial charge < -0.3 is 21.6 Å². The highest BCUT2D eigenvalue weighted by atomic mass is 16.4. The third-order valence-electron chi connectivity index (χ3n) is 2.15. The van der Waals surface area contributed by atoms with Crippen molar-refractivity contribution in [1.29, 1.82) is 0 Å². The number of carbonyl (C=O) groups excluding carboxylic acids is 1. The van der Waals surface area contributed by atoms with Crippen molar-refractivity contribution in [3.8, 4) is 0 Å². The number of hydrogen-bond donors (Lipinski definition) is 4. The lowest BCUT2D eigenvalue weighted by atomic mass is 10.2. The van der Waals surface area contributed by atoms with Crippen molar-refractivity contribution in [3.63, 3.8) is 0 Å². The van der Waals surface area contributed by atoms with E-state index >= 15 is 0 Å². The Morgan fingerprint density at radius 2 is 1.88 bits per heavy atom. The van der Waals surface area contributed by atoms with Crippen molar-refractivity contribution in [1.82, 2.24) is 0 Å². The van der Waals surface area contributed by atoms with Crippen LogP contribution in [-0.4, -0.2) is 23.0 Å². The molecule has 5 N–H and O–H groups in total. The van der Waals surface area contributed by atoms with Crippen molar-refractivity contribution in [3.05, 3.63) is 24.3 Å². The minimum absolute atomic E-state index is 0.107. The van der Waals surface area contributed by atoms with Gasteiger partial charge in [-0.15, -0.1) is 0 Å². The Balaban J connectivity index is 2.65. The average Bonchev–Trinajstić information content (AvgIpc) is 2.30. The van der Waals surface area contributed by atoms with Gasteiger partial charge in [-0.1, -0.05) is 5.16 Å². The zero-order valence-electron chi connectivity index (χ0n) is 9.77. The molecule has 0 bridgehead atoms. The molecule has 0 radical (unpaired) electrons. The smallest absolute Gasteiger partial charge is 0.221 e. The van der Waals surface area contributed by atoms with E-state index in [1.165, 1.54) is 6.92 Å². The fourth-order valence-corrected chi connectivity index (χ4v) is 1.26. The number of nitrogens with zero attached hydrogens (tertiary/aromatic N) is 1. The number of oxime groups is 1. The Bertz CT molecular complexity index is 414. The molecule has 0 aromatic heterocycles. The van der Waals surface area contributed by atoms with E-state index in [0.29, 0.717) is 0 Å². The van der Waals surface area contributed by atoms with E-state index in [4.69, 9.17) is 10.9 Å². The van der Waals surface area contributed by atoms with Crippen LogP contribution in [0.4, 0.5) is 11.4 Å². The van der Waals surface area contributed by atoms with Crippen molar-refractivity contribution >= 4 is 23.1 Å². The third-order valence-corrected chi connectivity index (χ3v) is 2.15. The summed E-state index contributed by atoms with van der Waals surface area (Å²) in [5.74, 6) is -0.00771. The summed E-state index contributed by atoms with van der Waals surface area (Å²) in [6.07, 6.45) is 0. The first-order valence-electron chi connectivity index (χ1n) is 5.14. The summed E-state index contributed by atoms with van der Waals surface area (Å²) >= 11 is 0. The zero-order chi connectivity index (χ0) is 12.8. The predicted octanol–water partition coefficient (Wildman–Crippen LogP) is 1.19. The molecule has 0 spiro atoms. The summed E-state index contributed by atoms with van der Waals surface area (Å²) in [6, 6.07) is 6.86. The van der Waals surface area contributed by atoms with Crippen LogP contribution in [0.1, 0.15) is 13.8 Å². The van der Waals surface area contributed by atoms with Crippen molar-refractivity contribution in [2.45, 2.75) is 19.9 Å². The number of carbonyl (C=O) groups is 1. The lowest BCUT2D eigenvalue weighted by Gasteiger charge is -2.13. The van der Waals surface area contributed by atoms with Gasteiger partial charge >= 0.3 is 0 Å². The van der Waals surface area contributed by atoms with E-state index < -0.39 is 0 Å². The number of amides is 1. The molecule has 6 nitrogen and oxygen atoms in total. The molecule has 1 rings (SSSR count). The second-order valence-corrected chi connectivity index (χ2v) is 3.65. The van der Waals surface area contributed by atoms with Crippen molar-refractivity contribution in [2.75, 3.05) is 10.6 Å². The Labute approximate surface area is 99.5 Å². The molecule has 0 saturated carbocycles. The van der Waals surface area contributed by atoms with Gasteiger partial charge in [0.05, 0.1) is 6.04 Å². The first-order valence-corrected chi connectivity index (χ1v) is 5.14. The predicted molar refractivity (Wildman–Crippen MR) is 67.2 cm³/mol. The summed E-state index contributed by atoms with van der Waals surface area (Å²) in [4.78, 5) is 10.8. The summed E-state index contributed by atoms with van der Waals surface area (Å²) in [7, 11) is 0. The molecule has 1 atom stereocenters. The van der Waals surface area contributed by atoms with Gasteiger partial charge in [0.2, 0.25) is 5.91 Å². The maximum Gasteiger partial charge on any atom is 0.221 e. The second-order valence-electron chi connectivity index (χ2n) is 3.65. The van der Waals surface area contributed by atoms with Crippen molar-refractivity contribution < 1.29 is 10.0 Å². The molecule has 1 amide bonds. The van der Waals surface area contributed by atoms with E-state index in [2.05, 4.69) is 15.8 Å². The van der Waals surface area contributed by atoms with Crippen LogP contribution in [0.3, 0.4) is 0 Å². The van der Waals surface area contributed by atoms with Crippen LogP contribution in [0.25, 0.3) is 0 Å². The van der Waals surface area contributed by atoms with Crippen LogP contribution in [0.2, 0.25) is 0 Å². The molecule has 0 aliphatic rings. The molecule has 0 aliphatic carbocycles. The van der Waals surface area contributed by atoms with Crippen LogP contribution in [-0.2, 0) is 4.79 Å². The minimum atomic E-state index is -0.272. The molecule has 0 aliphatic heterocycles. The van der Waals surface area contributed by atoms with Crippen LogP contribution >= 0.6 is 0 Å².